The van der Waals surface area contributed by atoms with Crippen LogP contribution in [-0.4, -0.2) is 16.5 Å². The summed E-state index contributed by atoms with van der Waals surface area (Å²) in [6.07, 6.45) is 4.19. The van der Waals surface area contributed by atoms with Crippen LogP contribution < -0.4 is 5.32 Å². The molecule has 0 saturated heterocycles. The lowest BCUT2D eigenvalue weighted by Gasteiger charge is -2.06. The van der Waals surface area contributed by atoms with E-state index in [1.165, 1.54) is 0 Å². The molecule has 1 heterocycles. The van der Waals surface area contributed by atoms with E-state index >= 15 is 0 Å². The average molecular weight is 293 g/mol. The van der Waals surface area contributed by atoms with E-state index in [4.69, 9.17) is 0 Å². The highest BCUT2D eigenvalue weighted by Gasteiger charge is 2.24. The number of nitrogens with one attached hydrogen (secondary N) is 1. The summed E-state index contributed by atoms with van der Waals surface area (Å²) in [5.74, 6) is 0.0324. The number of carbonyl (C=O) groups excluding carboxylic acids is 1. The lowest BCUT2D eigenvalue weighted by molar-refractivity contribution is 0.0952. The van der Waals surface area contributed by atoms with Crippen LogP contribution in [0.1, 0.15) is 23.2 Å². The van der Waals surface area contributed by atoms with Gasteiger partial charge in [-0.1, -0.05) is 15.9 Å². The smallest absolute Gasteiger partial charge is 0.252 e. The van der Waals surface area contributed by atoms with E-state index in [2.05, 4.69) is 21.2 Å². The molecule has 2 aromatic rings. The van der Waals surface area contributed by atoms with Crippen LogP contribution in [0.4, 0.5) is 0 Å². The highest BCUT2D eigenvalue weighted by molar-refractivity contribution is 9.10. The lowest BCUT2D eigenvalue weighted by Crippen LogP contribution is -2.25. The van der Waals surface area contributed by atoms with Gasteiger partial charge >= 0.3 is 0 Å². The number of hydrogen-bond acceptors (Lipinski definition) is 1. The van der Waals surface area contributed by atoms with Gasteiger partial charge < -0.3 is 9.88 Å². The highest BCUT2D eigenvalue weighted by Crippen LogP contribution is 2.26. The molecule has 4 heteroatoms. The number of benzene rings is 1. The van der Waals surface area contributed by atoms with Crippen molar-refractivity contribution >= 4 is 32.7 Å². The summed E-state index contributed by atoms with van der Waals surface area (Å²) < 4.78 is 2.96. The molecule has 17 heavy (non-hydrogen) atoms. The summed E-state index contributed by atoms with van der Waals surface area (Å²) in [7, 11) is 1.98. The molecular formula is C13H13BrN2O. The van der Waals surface area contributed by atoms with Gasteiger partial charge in [-0.25, -0.2) is 0 Å². The second-order valence-corrected chi connectivity index (χ2v) is 5.48. The maximum atomic E-state index is 12.1. The number of hydrogen-bond donors (Lipinski definition) is 1. The third-order valence-electron chi connectivity index (χ3n) is 3.12. The van der Waals surface area contributed by atoms with Crippen molar-refractivity contribution in [2.24, 2.45) is 7.05 Å². The molecule has 1 aliphatic rings. The normalized spacial score (nSPS) is 15.2. The zero-order valence-corrected chi connectivity index (χ0v) is 11.1. The number of rotatable bonds is 2. The molecule has 3 nitrogen and oxygen atoms in total. The van der Waals surface area contributed by atoms with Crippen molar-refractivity contribution in [2.45, 2.75) is 18.9 Å². The Morgan fingerprint density at radius 2 is 2.24 bits per heavy atom. The largest absolute Gasteiger partial charge is 0.350 e. The highest BCUT2D eigenvalue weighted by atomic mass is 79.9. The van der Waals surface area contributed by atoms with Gasteiger partial charge in [-0.15, -0.1) is 0 Å². The minimum Gasteiger partial charge on any atom is -0.350 e. The van der Waals surface area contributed by atoms with Crippen molar-refractivity contribution in [2.75, 3.05) is 0 Å². The molecule has 88 valence electrons. The second kappa shape index (κ2) is 3.88. The van der Waals surface area contributed by atoms with E-state index in [-0.39, 0.29) is 5.91 Å². The summed E-state index contributed by atoms with van der Waals surface area (Å²) in [6, 6.07) is 6.30. The van der Waals surface area contributed by atoms with E-state index in [0.29, 0.717) is 6.04 Å². The first-order valence-corrected chi connectivity index (χ1v) is 6.50. The molecule has 0 spiro atoms. The van der Waals surface area contributed by atoms with Crippen molar-refractivity contribution in [3.05, 3.63) is 34.4 Å². The Labute approximate surface area is 108 Å². The minimum atomic E-state index is 0.0324. The van der Waals surface area contributed by atoms with Crippen molar-refractivity contribution in [1.29, 1.82) is 0 Å². The van der Waals surface area contributed by atoms with Crippen LogP contribution in [-0.2, 0) is 7.05 Å². The van der Waals surface area contributed by atoms with Crippen LogP contribution in [0.25, 0.3) is 10.9 Å². The van der Waals surface area contributed by atoms with Crippen molar-refractivity contribution < 1.29 is 4.79 Å². The summed E-state index contributed by atoms with van der Waals surface area (Å²) >= 11 is 3.46. The number of carbonyl (C=O) groups is 1. The first-order chi connectivity index (χ1) is 8.15. The van der Waals surface area contributed by atoms with Crippen molar-refractivity contribution in [1.82, 2.24) is 9.88 Å². The van der Waals surface area contributed by atoms with Gasteiger partial charge in [0.05, 0.1) is 0 Å². The molecule has 0 bridgehead atoms. The predicted octanol–water partition coefficient (Wildman–Crippen LogP) is 2.83. The van der Waals surface area contributed by atoms with Crippen LogP contribution in [0.5, 0.6) is 0 Å². The quantitative estimate of drug-likeness (QED) is 0.907. The molecule has 1 fully saturated rings. The summed E-state index contributed by atoms with van der Waals surface area (Å²) in [6.45, 7) is 0. The van der Waals surface area contributed by atoms with E-state index in [9.17, 15) is 4.79 Å². The zero-order valence-electron chi connectivity index (χ0n) is 9.53. The van der Waals surface area contributed by atoms with E-state index in [0.717, 1.165) is 33.8 Å². The average Bonchev–Trinajstić information content (AvgIpc) is 3.03. The van der Waals surface area contributed by atoms with Gasteiger partial charge in [-0.3, -0.25) is 4.79 Å². The van der Waals surface area contributed by atoms with Gasteiger partial charge in [0.25, 0.3) is 5.91 Å². The maximum Gasteiger partial charge on any atom is 0.252 e. The molecule has 1 amide bonds. The van der Waals surface area contributed by atoms with E-state index in [1.54, 1.807) is 0 Å². The fourth-order valence-corrected chi connectivity index (χ4v) is 2.46. The molecule has 1 aliphatic carbocycles. The Balaban J connectivity index is 2.10. The Morgan fingerprint density at radius 1 is 1.47 bits per heavy atom. The van der Waals surface area contributed by atoms with Gasteiger partial charge in [0.1, 0.15) is 0 Å². The molecular weight excluding hydrogens is 280 g/mol. The van der Waals surface area contributed by atoms with Gasteiger partial charge in [0.15, 0.2) is 0 Å². The number of aryl methyl sites for hydroxylation is 1. The number of nitrogens with zero attached hydrogens (tertiary/aromatic N) is 1. The van der Waals surface area contributed by atoms with Crippen LogP contribution in [0.2, 0.25) is 0 Å². The van der Waals surface area contributed by atoms with Gasteiger partial charge in [-0.2, -0.15) is 0 Å². The molecule has 0 radical (unpaired) electrons. The Bertz CT molecular complexity index is 599. The number of aromatic nitrogens is 1. The number of amides is 1. The molecule has 1 saturated carbocycles. The summed E-state index contributed by atoms with van der Waals surface area (Å²) in [5.41, 5.74) is 1.82. The maximum absolute atomic E-state index is 12.1. The van der Waals surface area contributed by atoms with Crippen LogP contribution in [0.3, 0.4) is 0 Å². The fourth-order valence-electron chi connectivity index (χ4n) is 2.02. The summed E-state index contributed by atoms with van der Waals surface area (Å²) in [4.78, 5) is 12.1. The van der Waals surface area contributed by atoms with Crippen LogP contribution in [0, 0.1) is 0 Å². The zero-order chi connectivity index (χ0) is 12.0. The molecule has 0 unspecified atom stereocenters. The lowest BCUT2D eigenvalue weighted by atomic mass is 10.1. The topological polar surface area (TPSA) is 34.0 Å². The SMILES string of the molecule is Cn1ccc2c(C(=O)NC3CC3)cc(Br)cc21. The third kappa shape index (κ3) is 1.97. The number of fused-ring (bicyclic) bond motifs is 1. The minimum absolute atomic E-state index is 0.0324. The first-order valence-electron chi connectivity index (χ1n) is 5.70. The third-order valence-corrected chi connectivity index (χ3v) is 3.58. The summed E-state index contributed by atoms with van der Waals surface area (Å²) in [5, 5.41) is 4.04. The Kier molecular flexibility index (Phi) is 2.47. The molecule has 1 aromatic carbocycles. The molecule has 1 N–H and O–H groups in total. The van der Waals surface area contributed by atoms with Crippen molar-refractivity contribution in [3.8, 4) is 0 Å². The molecule has 0 atom stereocenters. The first kappa shape index (κ1) is 10.8. The fraction of sp³-hybridized carbons (Fsp3) is 0.308. The van der Waals surface area contributed by atoms with E-state index < -0.39 is 0 Å². The Morgan fingerprint density at radius 3 is 2.94 bits per heavy atom. The monoisotopic (exact) mass is 292 g/mol. The van der Waals surface area contributed by atoms with Gasteiger partial charge in [-0.05, 0) is 31.0 Å². The van der Waals surface area contributed by atoms with Crippen LogP contribution in [0.15, 0.2) is 28.9 Å². The van der Waals surface area contributed by atoms with Gasteiger partial charge in [0.2, 0.25) is 0 Å². The van der Waals surface area contributed by atoms with Crippen molar-refractivity contribution in [3.63, 3.8) is 0 Å². The molecule has 0 aliphatic heterocycles. The molecule has 1 aromatic heterocycles. The second-order valence-electron chi connectivity index (χ2n) is 4.56. The van der Waals surface area contributed by atoms with Crippen LogP contribution >= 0.6 is 15.9 Å². The standard InChI is InChI=1S/C13H13BrN2O/c1-16-5-4-10-11(6-8(14)7-12(10)16)13(17)15-9-2-3-9/h4-7,9H,2-3H2,1H3,(H,15,17). The molecule has 3 rings (SSSR count). The van der Waals surface area contributed by atoms with E-state index in [1.807, 2.05) is 36.0 Å². The predicted molar refractivity (Wildman–Crippen MR) is 71.1 cm³/mol. The Hall–Kier alpha value is -1.29. The number of halogens is 1. The van der Waals surface area contributed by atoms with Gasteiger partial charge in [0, 0.05) is 40.2 Å².